The van der Waals surface area contributed by atoms with E-state index in [0.717, 1.165) is 13.0 Å². The SMILES string of the molecule is C=CCN(C(=O)NCCSC(=O)CCNC(=O)N(C/C=C/CC(C)/C=C\CNC(C)(C)C)C(C)(C)C)C(C)(C)C. The maximum atomic E-state index is 12.9. The number of hydrogen-bond acceptors (Lipinski definition) is 5. The summed E-state index contributed by atoms with van der Waals surface area (Å²) in [6.45, 7) is 26.7. The minimum absolute atomic E-state index is 0.0183. The zero-order valence-corrected chi connectivity index (χ0v) is 27.7. The van der Waals surface area contributed by atoms with E-state index in [1.165, 1.54) is 11.8 Å². The summed E-state index contributed by atoms with van der Waals surface area (Å²) in [4.78, 5) is 41.1. The first-order chi connectivity index (χ1) is 18.4. The van der Waals surface area contributed by atoms with Gasteiger partial charge in [-0.1, -0.05) is 49.1 Å². The largest absolute Gasteiger partial charge is 0.337 e. The second kappa shape index (κ2) is 18.2. The van der Waals surface area contributed by atoms with Gasteiger partial charge < -0.3 is 25.8 Å². The highest BCUT2D eigenvalue weighted by Crippen LogP contribution is 2.15. The molecule has 0 radical (unpaired) electrons. The van der Waals surface area contributed by atoms with E-state index < -0.39 is 0 Å². The highest BCUT2D eigenvalue weighted by atomic mass is 32.2. The maximum Gasteiger partial charge on any atom is 0.318 e. The van der Waals surface area contributed by atoms with Crippen LogP contribution in [0, 0.1) is 5.92 Å². The predicted octanol–water partition coefficient (Wildman–Crippen LogP) is 5.97. The van der Waals surface area contributed by atoms with Crippen molar-refractivity contribution in [1.29, 1.82) is 0 Å². The summed E-state index contributed by atoms with van der Waals surface area (Å²) in [7, 11) is 0. The minimum atomic E-state index is -0.359. The number of hydrogen-bond donors (Lipinski definition) is 3. The molecule has 0 aromatic carbocycles. The van der Waals surface area contributed by atoms with Crippen LogP contribution >= 0.6 is 11.8 Å². The molecule has 0 aliphatic rings. The van der Waals surface area contributed by atoms with Crippen LogP contribution in [0.4, 0.5) is 9.59 Å². The second-order valence-electron chi connectivity index (χ2n) is 13.0. The normalized spacial score (nSPS) is 13.3. The zero-order chi connectivity index (χ0) is 31.0. The van der Waals surface area contributed by atoms with E-state index in [9.17, 15) is 14.4 Å². The molecule has 1 unspecified atom stereocenters. The Bertz CT molecular complexity index is 851. The Morgan fingerprint density at radius 1 is 0.825 bits per heavy atom. The summed E-state index contributed by atoms with van der Waals surface area (Å²) in [5.41, 5.74) is -0.576. The smallest absolute Gasteiger partial charge is 0.318 e. The number of amides is 4. The van der Waals surface area contributed by atoms with E-state index in [-0.39, 0.29) is 46.8 Å². The van der Waals surface area contributed by atoms with Crippen molar-refractivity contribution in [2.24, 2.45) is 5.92 Å². The third kappa shape index (κ3) is 18.2. The maximum absolute atomic E-state index is 12.9. The average molecular weight is 580 g/mol. The molecule has 9 heteroatoms. The van der Waals surface area contributed by atoms with Crippen molar-refractivity contribution in [2.45, 2.75) is 98.7 Å². The molecule has 0 aromatic rings. The van der Waals surface area contributed by atoms with E-state index in [4.69, 9.17) is 0 Å². The van der Waals surface area contributed by atoms with E-state index in [0.29, 0.717) is 31.3 Å². The van der Waals surface area contributed by atoms with Crippen LogP contribution in [0.5, 0.6) is 0 Å². The number of allylic oxidation sites excluding steroid dienone is 2. The van der Waals surface area contributed by atoms with Crippen molar-refractivity contribution in [3.63, 3.8) is 0 Å². The molecule has 8 nitrogen and oxygen atoms in total. The summed E-state index contributed by atoms with van der Waals surface area (Å²) in [6.07, 6.45) is 11.4. The molecule has 0 aliphatic heterocycles. The van der Waals surface area contributed by atoms with E-state index >= 15 is 0 Å². The first-order valence-corrected chi connectivity index (χ1v) is 15.3. The first-order valence-electron chi connectivity index (χ1n) is 14.3. The fourth-order valence-electron chi connectivity index (χ4n) is 3.54. The quantitative estimate of drug-likeness (QED) is 0.164. The van der Waals surface area contributed by atoms with Crippen molar-refractivity contribution < 1.29 is 14.4 Å². The first kappa shape index (κ1) is 37.7. The monoisotopic (exact) mass is 579 g/mol. The summed E-state index contributed by atoms with van der Waals surface area (Å²) >= 11 is 1.17. The van der Waals surface area contributed by atoms with Crippen LogP contribution in [-0.2, 0) is 4.79 Å². The van der Waals surface area contributed by atoms with Gasteiger partial charge in [0.1, 0.15) is 0 Å². The lowest BCUT2D eigenvalue weighted by Gasteiger charge is -2.35. The van der Waals surface area contributed by atoms with Crippen LogP contribution in [0.15, 0.2) is 37.0 Å². The lowest BCUT2D eigenvalue weighted by atomic mass is 10.1. The third-order valence-corrected chi connectivity index (χ3v) is 6.78. The molecule has 3 N–H and O–H groups in total. The average Bonchev–Trinajstić information content (AvgIpc) is 2.80. The van der Waals surface area contributed by atoms with Crippen molar-refractivity contribution in [1.82, 2.24) is 25.8 Å². The van der Waals surface area contributed by atoms with Crippen LogP contribution in [0.1, 0.15) is 82.1 Å². The molecule has 4 amide bonds. The lowest BCUT2D eigenvalue weighted by molar-refractivity contribution is -0.110. The fraction of sp³-hybridized carbons (Fsp3) is 0.710. The number of thioether (sulfide) groups is 1. The molecule has 0 saturated carbocycles. The summed E-state index contributed by atoms with van der Waals surface area (Å²) in [6, 6.07) is -0.365. The Hall–Kier alpha value is -2.26. The van der Waals surface area contributed by atoms with Gasteiger partial charge in [0.05, 0.1) is 0 Å². The van der Waals surface area contributed by atoms with Crippen molar-refractivity contribution in [3.8, 4) is 0 Å². The zero-order valence-electron chi connectivity index (χ0n) is 26.9. The van der Waals surface area contributed by atoms with Gasteiger partial charge in [-0.2, -0.15) is 0 Å². The van der Waals surface area contributed by atoms with Gasteiger partial charge in [0.15, 0.2) is 5.12 Å². The van der Waals surface area contributed by atoms with Gasteiger partial charge in [0.2, 0.25) is 0 Å². The van der Waals surface area contributed by atoms with Gasteiger partial charge in [-0.3, -0.25) is 4.79 Å². The van der Waals surface area contributed by atoms with Crippen LogP contribution in [-0.4, -0.2) is 82.1 Å². The minimum Gasteiger partial charge on any atom is -0.337 e. The highest BCUT2D eigenvalue weighted by Gasteiger charge is 2.26. The Balaban J connectivity index is 4.49. The Labute approximate surface area is 248 Å². The second-order valence-corrected chi connectivity index (χ2v) is 14.2. The number of urea groups is 2. The summed E-state index contributed by atoms with van der Waals surface area (Å²) in [5, 5.41) is 9.17. The van der Waals surface area contributed by atoms with Gasteiger partial charge in [0, 0.05) is 61.5 Å². The van der Waals surface area contributed by atoms with Crippen LogP contribution in [0.3, 0.4) is 0 Å². The van der Waals surface area contributed by atoms with Crippen LogP contribution < -0.4 is 16.0 Å². The molecule has 0 fully saturated rings. The van der Waals surface area contributed by atoms with E-state index in [1.807, 2.05) is 47.6 Å². The highest BCUT2D eigenvalue weighted by molar-refractivity contribution is 8.13. The number of nitrogens with one attached hydrogen (secondary N) is 3. The number of carbonyl (C=O) groups is 3. The molecule has 0 rings (SSSR count). The van der Waals surface area contributed by atoms with Crippen LogP contribution in [0.2, 0.25) is 0 Å². The summed E-state index contributed by atoms with van der Waals surface area (Å²) < 4.78 is 0. The Morgan fingerprint density at radius 3 is 1.90 bits per heavy atom. The van der Waals surface area contributed by atoms with Gasteiger partial charge in [-0.25, -0.2) is 9.59 Å². The number of nitrogens with zero attached hydrogens (tertiary/aromatic N) is 2. The summed E-state index contributed by atoms with van der Waals surface area (Å²) in [5.74, 6) is 0.890. The van der Waals surface area contributed by atoms with Crippen LogP contribution in [0.25, 0.3) is 0 Å². The topological polar surface area (TPSA) is 93.8 Å². The molecule has 230 valence electrons. The Morgan fingerprint density at radius 2 is 1.38 bits per heavy atom. The molecule has 0 spiro atoms. The standard InChI is InChI=1S/C31H57N5O3S/c1-12-22-35(30(6,7)8)28(39)33-21-24-40-26(37)18-20-32-27(38)36(31(9,10)11)23-14-13-16-25(2)17-15-19-34-29(3,4)5/h12-15,17,25,34H,1,16,18-24H2,2-11H3,(H,32,38)(H,33,39)/b14-13+,17-15-. The molecular weight excluding hydrogens is 522 g/mol. The molecular formula is C31H57N5O3S. The lowest BCUT2D eigenvalue weighted by Crippen LogP contribution is -2.50. The van der Waals surface area contributed by atoms with Gasteiger partial charge in [-0.05, 0) is 74.7 Å². The molecule has 0 saturated heterocycles. The molecule has 0 bridgehead atoms. The Kier molecular flexibility index (Phi) is 17.2. The molecule has 0 aliphatic carbocycles. The fourth-order valence-corrected chi connectivity index (χ4v) is 4.22. The van der Waals surface area contributed by atoms with Gasteiger partial charge in [0.25, 0.3) is 0 Å². The predicted molar refractivity (Wildman–Crippen MR) is 172 cm³/mol. The molecule has 0 aromatic heterocycles. The van der Waals surface area contributed by atoms with E-state index in [1.54, 1.807) is 15.9 Å². The number of carbonyl (C=O) groups excluding carboxylic acids is 3. The third-order valence-electron chi connectivity index (χ3n) is 5.85. The van der Waals surface area contributed by atoms with Gasteiger partial charge in [-0.15, -0.1) is 6.58 Å². The van der Waals surface area contributed by atoms with Gasteiger partial charge >= 0.3 is 12.1 Å². The molecule has 40 heavy (non-hydrogen) atoms. The van der Waals surface area contributed by atoms with Crippen molar-refractivity contribution in [2.75, 3.05) is 38.5 Å². The van der Waals surface area contributed by atoms with E-state index in [2.05, 4.69) is 68.5 Å². The number of rotatable bonds is 15. The molecule has 1 atom stereocenters. The van der Waals surface area contributed by atoms with Crippen molar-refractivity contribution in [3.05, 3.63) is 37.0 Å². The molecule has 0 heterocycles. The van der Waals surface area contributed by atoms with Crippen molar-refractivity contribution >= 4 is 28.9 Å².